The predicted octanol–water partition coefficient (Wildman–Crippen LogP) is 0.840. The van der Waals surface area contributed by atoms with Crippen LogP contribution in [0, 0.1) is 0 Å². The molecule has 20 heavy (non-hydrogen) atoms. The molecule has 0 amide bonds. The fourth-order valence-corrected chi connectivity index (χ4v) is 4.09. The van der Waals surface area contributed by atoms with Crippen molar-refractivity contribution < 1.29 is 0 Å². The molecule has 3 fully saturated rings. The highest BCUT2D eigenvalue weighted by Gasteiger charge is 2.31. The van der Waals surface area contributed by atoms with Crippen LogP contribution >= 0.6 is 0 Å². The molecule has 0 aromatic carbocycles. The molecule has 0 aromatic heterocycles. The van der Waals surface area contributed by atoms with Crippen LogP contribution in [0.25, 0.3) is 0 Å². The average molecular weight is 280 g/mol. The highest BCUT2D eigenvalue weighted by molar-refractivity contribution is 4.89. The van der Waals surface area contributed by atoms with Crippen LogP contribution in [0.2, 0.25) is 0 Å². The van der Waals surface area contributed by atoms with E-state index in [4.69, 9.17) is 0 Å². The molecule has 3 heterocycles. The van der Waals surface area contributed by atoms with Gasteiger partial charge in [-0.3, -0.25) is 0 Å². The highest BCUT2D eigenvalue weighted by Crippen LogP contribution is 2.26. The van der Waals surface area contributed by atoms with Gasteiger partial charge in [0.25, 0.3) is 0 Å². The van der Waals surface area contributed by atoms with Gasteiger partial charge in [0.1, 0.15) is 0 Å². The smallest absolute Gasteiger partial charge is 0.0111 e. The topological polar surface area (TPSA) is 21.8 Å². The molecule has 4 heteroatoms. The quantitative estimate of drug-likeness (QED) is 0.753. The lowest BCUT2D eigenvalue weighted by Gasteiger charge is -2.35. The monoisotopic (exact) mass is 280 g/mol. The van der Waals surface area contributed by atoms with Crippen LogP contribution in [0.1, 0.15) is 32.1 Å². The van der Waals surface area contributed by atoms with E-state index in [0.717, 1.165) is 12.1 Å². The summed E-state index contributed by atoms with van der Waals surface area (Å²) in [6, 6.07) is 1.70. The van der Waals surface area contributed by atoms with E-state index in [0.29, 0.717) is 0 Å². The molecule has 4 nitrogen and oxygen atoms in total. The first-order valence-electron chi connectivity index (χ1n) is 8.69. The van der Waals surface area contributed by atoms with Gasteiger partial charge in [-0.25, -0.2) is 0 Å². The van der Waals surface area contributed by atoms with E-state index >= 15 is 0 Å². The van der Waals surface area contributed by atoms with Crippen molar-refractivity contribution in [3.05, 3.63) is 0 Å². The number of nitrogens with one attached hydrogen (secondary N) is 1. The molecule has 1 N–H and O–H groups in total. The maximum Gasteiger partial charge on any atom is 0.0111 e. The van der Waals surface area contributed by atoms with Crippen molar-refractivity contribution in [1.29, 1.82) is 0 Å². The minimum atomic E-state index is 0.793. The van der Waals surface area contributed by atoms with Crippen molar-refractivity contribution in [1.82, 2.24) is 20.0 Å². The first kappa shape index (κ1) is 14.8. The minimum Gasteiger partial charge on any atom is -0.314 e. The lowest BCUT2D eigenvalue weighted by atomic mass is 9.97. The summed E-state index contributed by atoms with van der Waals surface area (Å²) in [5, 5.41) is 3.82. The normalized spacial score (nSPS) is 33.5. The summed E-state index contributed by atoms with van der Waals surface area (Å²) in [5.74, 6) is 0. The molecule has 0 aliphatic carbocycles. The SMILES string of the molecule is CN1CCN(CCCNC2CCN3CCCC3C2)CC1. The second kappa shape index (κ2) is 7.21. The van der Waals surface area contributed by atoms with Crippen molar-refractivity contribution >= 4 is 0 Å². The van der Waals surface area contributed by atoms with Crippen LogP contribution in [0.3, 0.4) is 0 Å². The Morgan fingerprint density at radius 3 is 2.70 bits per heavy atom. The zero-order valence-electron chi connectivity index (χ0n) is 13.2. The van der Waals surface area contributed by atoms with Crippen LogP contribution in [0.15, 0.2) is 0 Å². The number of fused-ring (bicyclic) bond motifs is 1. The molecule has 116 valence electrons. The van der Waals surface area contributed by atoms with Crippen LogP contribution in [0.4, 0.5) is 0 Å². The molecule has 0 radical (unpaired) electrons. The predicted molar refractivity (Wildman–Crippen MR) is 84.2 cm³/mol. The van der Waals surface area contributed by atoms with Gasteiger partial charge >= 0.3 is 0 Å². The zero-order chi connectivity index (χ0) is 13.8. The molecule has 0 saturated carbocycles. The summed E-state index contributed by atoms with van der Waals surface area (Å²) in [7, 11) is 2.23. The molecule has 0 spiro atoms. The number of piperidine rings is 1. The minimum absolute atomic E-state index is 0.793. The maximum atomic E-state index is 3.82. The summed E-state index contributed by atoms with van der Waals surface area (Å²) in [6.07, 6.45) is 6.95. The second-order valence-corrected chi connectivity index (χ2v) is 7.01. The number of hydrogen-bond acceptors (Lipinski definition) is 4. The highest BCUT2D eigenvalue weighted by atomic mass is 15.2. The van der Waals surface area contributed by atoms with E-state index < -0.39 is 0 Å². The first-order chi connectivity index (χ1) is 9.81. The zero-order valence-corrected chi connectivity index (χ0v) is 13.2. The summed E-state index contributed by atoms with van der Waals surface area (Å²) in [4.78, 5) is 7.77. The molecule has 3 rings (SSSR count). The number of rotatable bonds is 5. The van der Waals surface area contributed by atoms with E-state index in [-0.39, 0.29) is 0 Å². The van der Waals surface area contributed by atoms with Crippen molar-refractivity contribution in [3.8, 4) is 0 Å². The number of hydrogen-bond donors (Lipinski definition) is 1. The van der Waals surface area contributed by atoms with E-state index in [9.17, 15) is 0 Å². The molecule has 2 unspecified atom stereocenters. The van der Waals surface area contributed by atoms with Crippen molar-refractivity contribution in [2.45, 2.75) is 44.2 Å². The van der Waals surface area contributed by atoms with Crippen molar-refractivity contribution in [2.75, 3.05) is 59.4 Å². The average Bonchev–Trinajstić information content (AvgIpc) is 2.93. The second-order valence-electron chi connectivity index (χ2n) is 7.01. The fourth-order valence-electron chi connectivity index (χ4n) is 4.09. The van der Waals surface area contributed by atoms with Gasteiger partial charge in [-0.15, -0.1) is 0 Å². The Morgan fingerprint density at radius 2 is 1.85 bits per heavy atom. The number of nitrogens with zero attached hydrogens (tertiary/aromatic N) is 3. The largest absolute Gasteiger partial charge is 0.314 e. The number of likely N-dealkylation sites (N-methyl/N-ethyl adjacent to an activating group) is 1. The molecule has 3 saturated heterocycles. The summed E-state index contributed by atoms with van der Waals surface area (Å²) in [5.41, 5.74) is 0. The maximum absolute atomic E-state index is 3.82. The Morgan fingerprint density at radius 1 is 1.00 bits per heavy atom. The standard InChI is InChI=1S/C16H32N4/c1-18-10-12-19(13-11-18)7-3-6-17-15-5-9-20-8-2-4-16(20)14-15/h15-17H,2-14H2,1H3. The van der Waals surface area contributed by atoms with Crippen LogP contribution in [-0.2, 0) is 0 Å². The third-order valence-corrected chi connectivity index (χ3v) is 5.50. The Kier molecular flexibility index (Phi) is 5.32. The van der Waals surface area contributed by atoms with Gasteiger partial charge in [0.15, 0.2) is 0 Å². The van der Waals surface area contributed by atoms with Gasteiger partial charge in [-0.2, -0.15) is 0 Å². The Labute approximate surface area is 124 Å². The Bertz CT molecular complexity index is 288. The van der Waals surface area contributed by atoms with E-state index in [1.54, 1.807) is 0 Å². The third-order valence-electron chi connectivity index (χ3n) is 5.50. The van der Waals surface area contributed by atoms with Crippen molar-refractivity contribution in [3.63, 3.8) is 0 Å². The third kappa shape index (κ3) is 3.94. The lowest BCUT2D eigenvalue weighted by molar-refractivity contribution is 0.148. The summed E-state index contributed by atoms with van der Waals surface area (Å²) in [6.45, 7) is 10.2. The van der Waals surface area contributed by atoms with Crippen LogP contribution < -0.4 is 5.32 Å². The summed E-state index contributed by atoms with van der Waals surface area (Å²) >= 11 is 0. The van der Waals surface area contributed by atoms with Gasteiger partial charge in [0.2, 0.25) is 0 Å². The van der Waals surface area contributed by atoms with Crippen molar-refractivity contribution in [2.24, 2.45) is 0 Å². The van der Waals surface area contributed by atoms with Gasteiger partial charge in [0.05, 0.1) is 0 Å². The lowest BCUT2D eigenvalue weighted by Crippen LogP contribution is -2.47. The molecule has 2 atom stereocenters. The van der Waals surface area contributed by atoms with Crippen LogP contribution in [-0.4, -0.2) is 86.2 Å². The van der Waals surface area contributed by atoms with E-state index in [1.165, 1.54) is 84.5 Å². The molecule has 0 aromatic rings. The van der Waals surface area contributed by atoms with Gasteiger partial charge < -0.3 is 20.0 Å². The number of piperazine rings is 1. The Hall–Kier alpha value is -0.160. The molecular formula is C16H32N4. The first-order valence-corrected chi connectivity index (χ1v) is 8.69. The molecular weight excluding hydrogens is 248 g/mol. The fraction of sp³-hybridized carbons (Fsp3) is 1.00. The molecule has 3 aliphatic rings. The Balaban J connectivity index is 1.26. The van der Waals surface area contributed by atoms with Gasteiger partial charge in [-0.1, -0.05) is 0 Å². The van der Waals surface area contributed by atoms with E-state index in [2.05, 4.69) is 27.1 Å². The molecule has 3 aliphatic heterocycles. The van der Waals surface area contributed by atoms with Crippen LogP contribution in [0.5, 0.6) is 0 Å². The summed E-state index contributed by atoms with van der Waals surface area (Å²) < 4.78 is 0. The van der Waals surface area contributed by atoms with Gasteiger partial charge in [-0.05, 0) is 65.3 Å². The molecule has 0 bridgehead atoms. The van der Waals surface area contributed by atoms with Gasteiger partial charge in [0, 0.05) is 38.3 Å². The van der Waals surface area contributed by atoms with E-state index in [1.807, 2.05) is 0 Å².